The second-order valence-electron chi connectivity index (χ2n) is 6.07. The SMILES string of the molecule is CCc1ccc(C(=O)Nc2nc3ccc(Oc4ccccc4)cc3s2)cc1. The molecule has 0 saturated carbocycles. The van der Waals surface area contributed by atoms with Crippen molar-refractivity contribution in [2.24, 2.45) is 0 Å². The molecule has 4 nitrogen and oxygen atoms in total. The van der Waals surface area contributed by atoms with Crippen LogP contribution in [0.2, 0.25) is 0 Å². The second kappa shape index (κ2) is 7.60. The highest BCUT2D eigenvalue weighted by molar-refractivity contribution is 7.22. The molecule has 0 aliphatic rings. The number of hydrogen-bond donors (Lipinski definition) is 1. The minimum atomic E-state index is -0.155. The van der Waals surface area contributed by atoms with Crippen LogP contribution in [0.3, 0.4) is 0 Å². The first-order chi connectivity index (χ1) is 13.2. The molecule has 3 aromatic carbocycles. The smallest absolute Gasteiger partial charge is 0.257 e. The van der Waals surface area contributed by atoms with E-state index in [0.717, 1.165) is 28.1 Å². The van der Waals surface area contributed by atoms with Crippen molar-refractivity contribution < 1.29 is 9.53 Å². The normalized spacial score (nSPS) is 10.7. The summed E-state index contributed by atoms with van der Waals surface area (Å²) in [5, 5.41) is 3.46. The Bertz CT molecular complexity index is 1070. The molecule has 134 valence electrons. The molecule has 5 heteroatoms. The summed E-state index contributed by atoms with van der Waals surface area (Å²) in [6.45, 7) is 2.09. The summed E-state index contributed by atoms with van der Waals surface area (Å²) in [5.41, 5.74) is 2.66. The monoisotopic (exact) mass is 374 g/mol. The predicted molar refractivity (Wildman–Crippen MR) is 110 cm³/mol. The van der Waals surface area contributed by atoms with Gasteiger partial charge in [0.25, 0.3) is 5.91 Å². The topological polar surface area (TPSA) is 51.2 Å². The zero-order valence-corrected chi connectivity index (χ0v) is 15.6. The number of amides is 1. The van der Waals surface area contributed by atoms with Crippen LogP contribution < -0.4 is 10.1 Å². The van der Waals surface area contributed by atoms with E-state index in [-0.39, 0.29) is 5.91 Å². The van der Waals surface area contributed by atoms with Crippen LogP contribution in [0.4, 0.5) is 5.13 Å². The first kappa shape index (κ1) is 17.2. The predicted octanol–water partition coefficient (Wildman–Crippen LogP) is 5.90. The van der Waals surface area contributed by atoms with Crippen molar-refractivity contribution in [3.63, 3.8) is 0 Å². The Morgan fingerprint density at radius 1 is 1.00 bits per heavy atom. The number of aryl methyl sites for hydroxylation is 1. The molecule has 1 N–H and O–H groups in total. The molecule has 0 atom stereocenters. The Labute approximate surface area is 161 Å². The number of nitrogens with one attached hydrogen (secondary N) is 1. The van der Waals surface area contributed by atoms with Crippen LogP contribution in [-0.4, -0.2) is 10.9 Å². The number of aromatic nitrogens is 1. The highest BCUT2D eigenvalue weighted by Crippen LogP contribution is 2.31. The molecule has 4 rings (SSSR count). The summed E-state index contributed by atoms with van der Waals surface area (Å²) < 4.78 is 6.82. The van der Waals surface area contributed by atoms with Crippen molar-refractivity contribution in [3.05, 3.63) is 83.9 Å². The number of benzene rings is 3. The summed E-state index contributed by atoms with van der Waals surface area (Å²) in [4.78, 5) is 16.9. The minimum absolute atomic E-state index is 0.155. The van der Waals surface area contributed by atoms with Crippen molar-refractivity contribution in [2.75, 3.05) is 5.32 Å². The minimum Gasteiger partial charge on any atom is -0.457 e. The Hall–Kier alpha value is -3.18. The van der Waals surface area contributed by atoms with Gasteiger partial charge in [0, 0.05) is 11.6 Å². The van der Waals surface area contributed by atoms with Gasteiger partial charge in [-0.15, -0.1) is 0 Å². The Balaban J connectivity index is 1.51. The lowest BCUT2D eigenvalue weighted by molar-refractivity contribution is 0.102. The Kier molecular flexibility index (Phi) is 4.85. The van der Waals surface area contributed by atoms with Gasteiger partial charge in [0.15, 0.2) is 5.13 Å². The molecule has 0 unspecified atom stereocenters. The lowest BCUT2D eigenvalue weighted by atomic mass is 10.1. The average molecular weight is 374 g/mol. The van der Waals surface area contributed by atoms with E-state index in [2.05, 4.69) is 17.2 Å². The zero-order chi connectivity index (χ0) is 18.6. The second-order valence-corrected chi connectivity index (χ2v) is 7.10. The van der Waals surface area contributed by atoms with Gasteiger partial charge < -0.3 is 4.74 Å². The Morgan fingerprint density at radius 3 is 2.52 bits per heavy atom. The van der Waals surface area contributed by atoms with Crippen LogP contribution >= 0.6 is 11.3 Å². The molecular weight excluding hydrogens is 356 g/mol. The highest BCUT2D eigenvalue weighted by Gasteiger charge is 2.11. The highest BCUT2D eigenvalue weighted by atomic mass is 32.1. The standard InChI is InChI=1S/C22H18N2O2S/c1-2-15-8-10-16(11-9-15)21(25)24-22-23-19-13-12-18(14-20(19)27-22)26-17-6-4-3-5-7-17/h3-14H,2H2,1H3,(H,23,24,25). The summed E-state index contributed by atoms with van der Waals surface area (Å²) in [6.07, 6.45) is 0.952. The number of carbonyl (C=O) groups is 1. The van der Waals surface area contributed by atoms with E-state index < -0.39 is 0 Å². The molecule has 0 bridgehead atoms. The van der Waals surface area contributed by atoms with Crippen molar-refractivity contribution in [1.29, 1.82) is 0 Å². The third-order valence-electron chi connectivity index (χ3n) is 4.18. The molecule has 4 aromatic rings. The fourth-order valence-corrected chi connectivity index (χ4v) is 3.60. The maximum atomic E-state index is 12.4. The first-order valence-corrected chi connectivity index (χ1v) is 9.57. The van der Waals surface area contributed by atoms with Crippen LogP contribution in [0, 0.1) is 0 Å². The number of thiazole rings is 1. The van der Waals surface area contributed by atoms with Gasteiger partial charge in [0.1, 0.15) is 11.5 Å². The van der Waals surface area contributed by atoms with Crippen molar-refractivity contribution in [1.82, 2.24) is 4.98 Å². The fourth-order valence-electron chi connectivity index (χ4n) is 2.71. The summed E-state index contributed by atoms with van der Waals surface area (Å²) >= 11 is 1.43. The molecule has 0 saturated heterocycles. The molecule has 0 fully saturated rings. The van der Waals surface area contributed by atoms with Crippen molar-refractivity contribution in [3.8, 4) is 11.5 Å². The summed E-state index contributed by atoms with van der Waals surface area (Å²) in [5.74, 6) is 1.37. The molecule has 1 aromatic heterocycles. The number of anilines is 1. The number of ether oxygens (including phenoxy) is 1. The molecule has 0 spiro atoms. The van der Waals surface area contributed by atoms with E-state index in [9.17, 15) is 4.79 Å². The van der Waals surface area contributed by atoms with Gasteiger partial charge in [-0.25, -0.2) is 4.98 Å². The number of fused-ring (bicyclic) bond motifs is 1. The van der Waals surface area contributed by atoms with Crippen LogP contribution in [0.15, 0.2) is 72.8 Å². The number of carbonyl (C=O) groups excluding carboxylic acids is 1. The largest absolute Gasteiger partial charge is 0.457 e. The van der Waals surface area contributed by atoms with Crippen LogP contribution in [0.1, 0.15) is 22.8 Å². The summed E-state index contributed by atoms with van der Waals surface area (Å²) in [6, 6.07) is 23.0. The van der Waals surface area contributed by atoms with Crippen LogP contribution in [0.25, 0.3) is 10.2 Å². The van der Waals surface area contributed by atoms with Gasteiger partial charge in [-0.3, -0.25) is 10.1 Å². The quantitative estimate of drug-likeness (QED) is 0.473. The van der Waals surface area contributed by atoms with Crippen molar-refractivity contribution >= 4 is 32.6 Å². The number of nitrogens with zero attached hydrogens (tertiary/aromatic N) is 1. The van der Waals surface area contributed by atoms with Crippen molar-refractivity contribution in [2.45, 2.75) is 13.3 Å². The van der Waals surface area contributed by atoms with Gasteiger partial charge in [0.05, 0.1) is 10.2 Å². The maximum Gasteiger partial charge on any atom is 0.257 e. The Morgan fingerprint density at radius 2 is 1.78 bits per heavy atom. The van der Waals surface area contributed by atoms with Gasteiger partial charge >= 0.3 is 0 Å². The number of para-hydroxylation sites is 1. The average Bonchev–Trinajstić information content (AvgIpc) is 3.10. The van der Waals surface area contributed by atoms with Gasteiger partial charge in [-0.2, -0.15) is 0 Å². The molecule has 1 amide bonds. The molecule has 1 heterocycles. The summed E-state index contributed by atoms with van der Waals surface area (Å²) in [7, 11) is 0. The van der Waals surface area contributed by atoms with E-state index >= 15 is 0 Å². The van der Waals surface area contributed by atoms with E-state index in [1.807, 2.05) is 72.8 Å². The number of rotatable bonds is 5. The number of hydrogen-bond acceptors (Lipinski definition) is 4. The third-order valence-corrected chi connectivity index (χ3v) is 5.12. The van der Waals surface area contributed by atoms with Crippen LogP contribution in [-0.2, 0) is 6.42 Å². The fraction of sp³-hybridized carbons (Fsp3) is 0.0909. The van der Waals surface area contributed by atoms with Gasteiger partial charge in [0.2, 0.25) is 0 Å². The lowest BCUT2D eigenvalue weighted by Gasteiger charge is -2.04. The van der Waals surface area contributed by atoms with E-state index in [0.29, 0.717) is 10.7 Å². The van der Waals surface area contributed by atoms with E-state index in [1.54, 1.807) is 0 Å². The molecular formula is C22H18N2O2S. The molecule has 0 aliphatic heterocycles. The van der Waals surface area contributed by atoms with Gasteiger partial charge in [-0.05, 0) is 48.4 Å². The molecule has 0 radical (unpaired) electrons. The lowest BCUT2D eigenvalue weighted by Crippen LogP contribution is -2.11. The molecule has 0 aliphatic carbocycles. The maximum absolute atomic E-state index is 12.4. The van der Waals surface area contributed by atoms with Gasteiger partial charge in [-0.1, -0.05) is 48.6 Å². The van der Waals surface area contributed by atoms with E-state index in [1.165, 1.54) is 16.9 Å². The molecule has 27 heavy (non-hydrogen) atoms. The van der Waals surface area contributed by atoms with E-state index in [4.69, 9.17) is 4.74 Å². The first-order valence-electron chi connectivity index (χ1n) is 8.75. The third kappa shape index (κ3) is 3.99. The van der Waals surface area contributed by atoms with Crippen LogP contribution in [0.5, 0.6) is 11.5 Å². The zero-order valence-electron chi connectivity index (χ0n) is 14.8.